The second-order valence-corrected chi connectivity index (χ2v) is 6.16. The van der Waals surface area contributed by atoms with Crippen molar-refractivity contribution < 1.29 is 9.26 Å². The van der Waals surface area contributed by atoms with Crippen LogP contribution in [0.1, 0.15) is 30.3 Å². The van der Waals surface area contributed by atoms with Crippen LogP contribution in [0.15, 0.2) is 53.2 Å². The second kappa shape index (κ2) is 7.03. The van der Waals surface area contributed by atoms with E-state index < -0.39 is 0 Å². The number of likely N-dealkylation sites (tertiary alicyclic amines) is 1. The fraction of sp³-hybridized carbons (Fsp3) is 0.316. The molecule has 6 heteroatoms. The molecule has 0 bridgehead atoms. The number of hydrogen-bond acceptors (Lipinski definition) is 6. The molecule has 128 valence electrons. The van der Waals surface area contributed by atoms with Crippen molar-refractivity contribution >= 4 is 0 Å². The van der Waals surface area contributed by atoms with Gasteiger partial charge in [0.15, 0.2) is 0 Å². The van der Waals surface area contributed by atoms with Crippen molar-refractivity contribution in [2.45, 2.75) is 25.4 Å². The van der Waals surface area contributed by atoms with Gasteiger partial charge in [-0.3, -0.25) is 4.90 Å². The van der Waals surface area contributed by atoms with E-state index >= 15 is 0 Å². The minimum atomic E-state index is 0.174. The number of aromatic nitrogens is 3. The maximum Gasteiger partial charge on any atom is 0.244 e. The fourth-order valence-corrected chi connectivity index (χ4v) is 3.23. The van der Waals surface area contributed by atoms with Gasteiger partial charge >= 0.3 is 0 Å². The van der Waals surface area contributed by atoms with E-state index in [1.807, 2.05) is 12.1 Å². The molecule has 0 aliphatic carbocycles. The third kappa shape index (κ3) is 3.39. The van der Waals surface area contributed by atoms with Gasteiger partial charge in [-0.15, -0.1) is 0 Å². The maximum absolute atomic E-state index is 5.57. The molecule has 3 aromatic rings. The van der Waals surface area contributed by atoms with E-state index in [0.717, 1.165) is 31.5 Å². The average Bonchev–Trinajstić information content (AvgIpc) is 3.32. The molecule has 4 rings (SSSR count). The van der Waals surface area contributed by atoms with Crippen molar-refractivity contribution in [1.29, 1.82) is 0 Å². The van der Waals surface area contributed by atoms with Gasteiger partial charge in [0.05, 0.1) is 13.2 Å². The molecule has 0 spiro atoms. The van der Waals surface area contributed by atoms with Crippen LogP contribution < -0.4 is 4.74 Å². The van der Waals surface area contributed by atoms with Crippen molar-refractivity contribution in [1.82, 2.24) is 20.0 Å². The highest BCUT2D eigenvalue weighted by Crippen LogP contribution is 2.33. The van der Waals surface area contributed by atoms with Crippen LogP contribution >= 0.6 is 0 Å². The van der Waals surface area contributed by atoms with Gasteiger partial charge in [0, 0.05) is 24.4 Å². The van der Waals surface area contributed by atoms with E-state index in [0.29, 0.717) is 17.6 Å². The molecule has 1 aromatic carbocycles. The van der Waals surface area contributed by atoms with E-state index in [2.05, 4.69) is 44.3 Å². The Morgan fingerprint density at radius 3 is 2.84 bits per heavy atom. The van der Waals surface area contributed by atoms with Crippen molar-refractivity contribution in [2.75, 3.05) is 13.7 Å². The van der Waals surface area contributed by atoms with Crippen molar-refractivity contribution in [2.24, 2.45) is 0 Å². The van der Waals surface area contributed by atoms with Crippen molar-refractivity contribution in [3.05, 3.63) is 60.1 Å². The molecule has 6 nitrogen and oxygen atoms in total. The highest BCUT2D eigenvalue weighted by atomic mass is 16.5. The van der Waals surface area contributed by atoms with Gasteiger partial charge in [0.1, 0.15) is 0 Å². The van der Waals surface area contributed by atoms with E-state index in [9.17, 15) is 0 Å². The van der Waals surface area contributed by atoms with Crippen molar-refractivity contribution in [3.63, 3.8) is 0 Å². The lowest BCUT2D eigenvalue weighted by Gasteiger charge is -2.21. The highest BCUT2D eigenvalue weighted by Gasteiger charge is 2.30. The van der Waals surface area contributed by atoms with Gasteiger partial charge in [-0.05, 0) is 31.0 Å². The first kappa shape index (κ1) is 15.8. The lowest BCUT2D eigenvalue weighted by molar-refractivity contribution is 0.201. The number of hydrogen-bond donors (Lipinski definition) is 0. The standard InChI is InChI=1S/C19H20N4O2/c1-24-17-10-9-15(12-20-17)18-21-19(25-22-18)16-8-5-11-23(16)13-14-6-3-2-4-7-14/h2-4,6-7,9-10,12,16H,5,8,11,13H2,1H3. The van der Waals surface area contributed by atoms with Gasteiger partial charge in [-0.25, -0.2) is 4.98 Å². The number of rotatable bonds is 5. The van der Waals surface area contributed by atoms with Gasteiger partial charge in [-0.2, -0.15) is 4.98 Å². The lowest BCUT2D eigenvalue weighted by Crippen LogP contribution is -2.22. The zero-order chi connectivity index (χ0) is 17.1. The first-order valence-corrected chi connectivity index (χ1v) is 8.45. The summed E-state index contributed by atoms with van der Waals surface area (Å²) < 4.78 is 10.6. The topological polar surface area (TPSA) is 64.3 Å². The predicted molar refractivity (Wildman–Crippen MR) is 92.9 cm³/mol. The number of nitrogens with zero attached hydrogens (tertiary/aromatic N) is 4. The smallest absolute Gasteiger partial charge is 0.244 e. The summed E-state index contributed by atoms with van der Waals surface area (Å²) in [5, 5.41) is 4.13. The van der Waals surface area contributed by atoms with Crippen LogP contribution in [0.2, 0.25) is 0 Å². The number of ether oxygens (including phenoxy) is 1. The quantitative estimate of drug-likeness (QED) is 0.711. The Hall–Kier alpha value is -2.73. The maximum atomic E-state index is 5.57. The molecular weight excluding hydrogens is 316 g/mol. The molecule has 0 radical (unpaired) electrons. The van der Waals surface area contributed by atoms with Crippen molar-refractivity contribution in [3.8, 4) is 17.3 Å². The number of methoxy groups -OCH3 is 1. The zero-order valence-corrected chi connectivity index (χ0v) is 14.1. The molecule has 1 unspecified atom stereocenters. The average molecular weight is 336 g/mol. The fourth-order valence-electron chi connectivity index (χ4n) is 3.23. The highest BCUT2D eigenvalue weighted by molar-refractivity contribution is 5.53. The van der Waals surface area contributed by atoms with E-state index in [1.165, 1.54) is 5.56 Å². The largest absolute Gasteiger partial charge is 0.481 e. The molecule has 2 aromatic heterocycles. The zero-order valence-electron chi connectivity index (χ0n) is 14.1. The molecule has 0 N–H and O–H groups in total. The van der Waals surface area contributed by atoms with Gasteiger partial charge in [0.25, 0.3) is 0 Å². The molecule has 1 aliphatic heterocycles. The Bertz CT molecular complexity index is 817. The predicted octanol–water partition coefficient (Wildman–Crippen LogP) is 3.48. The SMILES string of the molecule is COc1ccc(-c2noc(C3CCCN3Cc3ccccc3)n2)cn1. The normalized spacial score (nSPS) is 17.7. The summed E-state index contributed by atoms with van der Waals surface area (Å²) >= 11 is 0. The molecule has 1 atom stereocenters. The first-order chi connectivity index (χ1) is 12.3. The van der Waals surface area contributed by atoms with Crippen LogP contribution in [-0.2, 0) is 6.54 Å². The summed E-state index contributed by atoms with van der Waals surface area (Å²) in [6.07, 6.45) is 3.87. The van der Waals surface area contributed by atoms with Crippen LogP contribution in [-0.4, -0.2) is 33.7 Å². The third-order valence-electron chi connectivity index (χ3n) is 4.52. The van der Waals surface area contributed by atoms with Crippen LogP contribution in [0.5, 0.6) is 5.88 Å². The molecule has 3 heterocycles. The van der Waals surface area contributed by atoms with Crippen LogP contribution in [0.25, 0.3) is 11.4 Å². The van der Waals surface area contributed by atoms with Crippen LogP contribution in [0, 0.1) is 0 Å². The molecule has 0 amide bonds. The Morgan fingerprint density at radius 1 is 1.20 bits per heavy atom. The number of benzene rings is 1. The Balaban J connectivity index is 1.52. The monoisotopic (exact) mass is 336 g/mol. The summed E-state index contributed by atoms with van der Waals surface area (Å²) in [6, 6.07) is 14.3. The van der Waals surface area contributed by atoms with E-state index in [1.54, 1.807) is 19.4 Å². The van der Waals surface area contributed by atoms with E-state index in [4.69, 9.17) is 9.26 Å². The van der Waals surface area contributed by atoms with Gasteiger partial charge in [-0.1, -0.05) is 35.5 Å². The Labute approximate surface area is 146 Å². The third-order valence-corrected chi connectivity index (χ3v) is 4.52. The Morgan fingerprint density at radius 2 is 2.08 bits per heavy atom. The van der Waals surface area contributed by atoms with E-state index in [-0.39, 0.29) is 6.04 Å². The summed E-state index contributed by atoms with van der Waals surface area (Å²) in [5.74, 6) is 1.81. The minimum Gasteiger partial charge on any atom is -0.481 e. The van der Waals surface area contributed by atoms with Crippen LogP contribution in [0.3, 0.4) is 0 Å². The second-order valence-electron chi connectivity index (χ2n) is 6.16. The van der Waals surface area contributed by atoms with Gasteiger partial charge < -0.3 is 9.26 Å². The van der Waals surface area contributed by atoms with Crippen LogP contribution in [0.4, 0.5) is 0 Å². The molecule has 1 fully saturated rings. The number of pyridine rings is 1. The first-order valence-electron chi connectivity index (χ1n) is 8.45. The summed E-state index contributed by atoms with van der Waals surface area (Å²) in [4.78, 5) is 11.2. The molecule has 1 aliphatic rings. The van der Waals surface area contributed by atoms with Gasteiger partial charge in [0.2, 0.25) is 17.6 Å². The molecule has 1 saturated heterocycles. The molecular formula is C19H20N4O2. The Kier molecular flexibility index (Phi) is 4.43. The summed E-state index contributed by atoms with van der Waals surface area (Å²) in [7, 11) is 1.59. The molecule has 25 heavy (non-hydrogen) atoms. The summed E-state index contributed by atoms with van der Waals surface area (Å²) in [5.41, 5.74) is 2.12. The molecule has 0 saturated carbocycles. The minimum absolute atomic E-state index is 0.174. The lowest BCUT2D eigenvalue weighted by atomic mass is 10.2. The summed E-state index contributed by atoms with van der Waals surface area (Å²) in [6.45, 7) is 1.94.